The van der Waals surface area contributed by atoms with Crippen LogP contribution in [-0.2, 0) is 42.7 Å². The Morgan fingerprint density at radius 3 is 1.92 bits per heavy atom. The number of esters is 2. The lowest BCUT2D eigenvalue weighted by atomic mass is 10.0. The summed E-state index contributed by atoms with van der Waals surface area (Å²) in [5.41, 5.74) is -0.556. The predicted molar refractivity (Wildman–Crippen MR) is 137 cm³/mol. The lowest BCUT2D eigenvalue weighted by molar-refractivity contribution is -0.141. The summed E-state index contributed by atoms with van der Waals surface area (Å²) in [6.45, 7) is 17.1. The molecule has 0 unspecified atom stereocenters. The first kappa shape index (κ1) is 34.5. The van der Waals surface area contributed by atoms with Crippen molar-refractivity contribution in [1.29, 1.82) is 0 Å². The number of rotatable bonds is 20. The summed E-state index contributed by atoms with van der Waals surface area (Å²) in [4.78, 5) is 34.5. The second-order valence-electron chi connectivity index (χ2n) is 9.47. The van der Waals surface area contributed by atoms with Crippen molar-refractivity contribution in [2.45, 2.75) is 59.2 Å². The van der Waals surface area contributed by atoms with E-state index in [1.807, 2.05) is 13.8 Å². The molecular weight excluding hydrogens is 486 g/mol. The highest BCUT2D eigenvalue weighted by Crippen LogP contribution is 2.16. The molecule has 0 bridgehead atoms. The second kappa shape index (κ2) is 19.6. The van der Waals surface area contributed by atoms with Crippen LogP contribution in [0.5, 0.6) is 0 Å². The summed E-state index contributed by atoms with van der Waals surface area (Å²) in [5, 5.41) is 2.58. The van der Waals surface area contributed by atoms with E-state index in [1.54, 1.807) is 33.8 Å². The number of amides is 1. The third-order valence-electron chi connectivity index (χ3n) is 4.33. The molecule has 0 aliphatic rings. The number of carbonyl (C=O) groups excluding carboxylic acids is 3. The van der Waals surface area contributed by atoms with Gasteiger partial charge in [-0.3, -0.25) is 0 Å². The standard InChI is InChI=1S/C26H45NO10/c1-8-22(28)34-18-15-32-13-14-33-17-20-36-26(6,7)10-9-21(2)23(29)35-19-16-31-12-11-27-24(30)37-25(3,4)5/h8-9H,1,10-20H2,2-7H3,(H,27,30)/b21-9+. The maximum Gasteiger partial charge on any atom is 0.407 e. The fourth-order valence-corrected chi connectivity index (χ4v) is 2.45. The number of carbonyl (C=O) groups is 3. The van der Waals surface area contributed by atoms with Crippen LogP contribution in [0.3, 0.4) is 0 Å². The Hall–Kier alpha value is -2.47. The van der Waals surface area contributed by atoms with Crippen molar-refractivity contribution in [2.24, 2.45) is 0 Å². The maximum atomic E-state index is 12.1. The zero-order valence-corrected chi connectivity index (χ0v) is 23.2. The van der Waals surface area contributed by atoms with Gasteiger partial charge in [0.1, 0.15) is 18.8 Å². The van der Waals surface area contributed by atoms with Crippen LogP contribution in [0.2, 0.25) is 0 Å². The molecule has 0 fully saturated rings. The Morgan fingerprint density at radius 1 is 0.784 bits per heavy atom. The predicted octanol–water partition coefficient (Wildman–Crippen LogP) is 2.96. The zero-order valence-electron chi connectivity index (χ0n) is 23.2. The summed E-state index contributed by atoms with van der Waals surface area (Å²) < 4.78 is 37.0. The molecule has 1 N–H and O–H groups in total. The molecule has 0 aliphatic heterocycles. The van der Waals surface area contributed by atoms with Crippen LogP contribution in [0.25, 0.3) is 0 Å². The van der Waals surface area contributed by atoms with Gasteiger partial charge in [0.25, 0.3) is 0 Å². The van der Waals surface area contributed by atoms with Crippen molar-refractivity contribution < 1.29 is 47.5 Å². The van der Waals surface area contributed by atoms with Crippen LogP contribution < -0.4 is 5.32 Å². The molecule has 0 aromatic rings. The first-order chi connectivity index (χ1) is 17.4. The molecule has 0 aromatic carbocycles. The minimum Gasteiger partial charge on any atom is -0.460 e. The molecule has 0 rings (SSSR count). The van der Waals surface area contributed by atoms with Crippen molar-refractivity contribution in [1.82, 2.24) is 5.32 Å². The van der Waals surface area contributed by atoms with E-state index in [-0.39, 0.29) is 26.4 Å². The van der Waals surface area contributed by atoms with Gasteiger partial charge >= 0.3 is 18.0 Å². The van der Waals surface area contributed by atoms with Gasteiger partial charge in [-0.1, -0.05) is 12.7 Å². The Balaban J connectivity index is 3.84. The summed E-state index contributed by atoms with van der Waals surface area (Å²) in [6.07, 6.45) is 2.90. The highest BCUT2D eigenvalue weighted by atomic mass is 16.6. The van der Waals surface area contributed by atoms with E-state index in [9.17, 15) is 14.4 Å². The van der Waals surface area contributed by atoms with Gasteiger partial charge in [-0.2, -0.15) is 0 Å². The molecule has 11 nitrogen and oxygen atoms in total. The fraction of sp³-hybridized carbons (Fsp3) is 0.731. The number of hydrogen-bond acceptors (Lipinski definition) is 10. The number of hydrogen-bond donors (Lipinski definition) is 1. The molecule has 0 heterocycles. The van der Waals surface area contributed by atoms with Gasteiger partial charge in [0.2, 0.25) is 0 Å². The Labute approximate surface area is 220 Å². The molecule has 214 valence electrons. The minimum atomic E-state index is -0.552. The molecule has 0 saturated carbocycles. The van der Waals surface area contributed by atoms with Crippen LogP contribution in [0.1, 0.15) is 48.0 Å². The molecule has 0 atom stereocenters. The molecule has 1 amide bonds. The third kappa shape index (κ3) is 22.5. The average molecular weight is 532 g/mol. The molecule has 0 radical (unpaired) electrons. The summed E-state index contributed by atoms with van der Waals surface area (Å²) in [6, 6.07) is 0. The van der Waals surface area contributed by atoms with Gasteiger partial charge < -0.3 is 38.5 Å². The van der Waals surface area contributed by atoms with Gasteiger partial charge in [-0.05, 0) is 48.0 Å². The topological polar surface area (TPSA) is 128 Å². The van der Waals surface area contributed by atoms with E-state index < -0.39 is 29.2 Å². The molecule has 37 heavy (non-hydrogen) atoms. The van der Waals surface area contributed by atoms with E-state index in [0.717, 1.165) is 6.08 Å². The van der Waals surface area contributed by atoms with Gasteiger partial charge in [0, 0.05) is 18.2 Å². The Kier molecular flexibility index (Phi) is 18.3. The molecule has 0 spiro atoms. The van der Waals surface area contributed by atoms with E-state index in [0.29, 0.717) is 51.6 Å². The van der Waals surface area contributed by atoms with E-state index in [1.165, 1.54) is 0 Å². The molecule has 0 saturated heterocycles. The first-order valence-corrected chi connectivity index (χ1v) is 12.3. The third-order valence-corrected chi connectivity index (χ3v) is 4.33. The van der Waals surface area contributed by atoms with Crippen LogP contribution >= 0.6 is 0 Å². The molecule has 11 heteroatoms. The Morgan fingerprint density at radius 2 is 1.32 bits per heavy atom. The summed E-state index contributed by atoms with van der Waals surface area (Å²) in [5.74, 6) is -0.900. The second-order valence-corrected chi connectivity index (χ2v) is 9.47. The lowest BCUT2D eigenvalue weighted by Gasteiger charge is -2.24. The van der Waals surface area contributed by atoms with Crippen LogP contribution in [0.15, 0.2) is 24.3 Å². The van der Waals surface area contributed by atoms with Crippen LogP contribution in [-0.4, -0.2) is 95.2 Å². The van der Waals surface area contributed by atoms with Gasteiger partial charge in [-0.25, -0.2) is 14.4 Å². The highest BCUT2D eigenvalue weighted by Gasteiger charge is 2.18. The van der Waals surface area contributed by atoms with E-state index in [2.05, 4.69) is 11.9 Å². The van der Waals surface area contributed by atoms with Crippen molar-refractivity contribution in [2.75, 3.05) is 66.0 Å². The minimum absolute atomic E-state index is 0.109. The van der Waals surface area contributed by atoms with Crippen molar-refractivity contribution in [3.8, 4) is 0 Å². The number of alkyl carbamates (subject to hydrolysis) is 1. The smallest absolute Gasteiger partial charge is 0.407 e. The zero-order chi connectivity index (χ0) is 28.2. The molecule has 0 aromatic heterocycles. The van der Waals surface area contributed by atoms with E-state index >= 15 is 0 Å². The average Bonchev–Trinajstić information content (AvgIpc) is 2.81. The normalized spacial score (nSPS) is 12.1. The summed E-state index contributed by atoms with van der Waals surface area (Å²) >= 11 is 0. The quantitative estimate of drug-likeness (QED) is 0.108. The lowest BCUT2D eigenvalue weighted by Crippen LogP contribution is -2.34. The van der Waals surface area contributed by atoms with Gasteiger partial charge in [0.15, 0.2) is 0 Å². The highest BCUT2D eigenvalue weighted by molar-refractivity contribution is 5.87. The van der Waals surface area contributed by atoms with E-state index in [4.69, 9.17) is 33.2 Å². The number of ether oxygens (including phenoxy) is 7. The van der Waals surface area contributed by atoms with Crippen LogP contribution in [0, 0.1) is 0 Å². The van der Waals surface area contributed by atoms with Crippen molar-refractivity contribution in [3.63, 3.8) is 0 Å². The summed E-state index contributed by atoms with van der Waals surface area (Å²) in [7, 11) is 0. The molecule has 0 aliphatic carbocycles. The molecular formula is C26H45NO10. The Bertz CT molecular complexity index is 713. The number of nitrogens with one attached hydrogen (secondary N) is 1. The van der Waals surface area contributed by atoms with Gasteiger partial charge in [-0.15, -0.1) is 0 Å². The van der Waals surface area contributed by atoms with Gasteiger partial charge in [0.05, 0.1) is 51.8 Å². The fourth-order valence-electron chi connectivity index (χ4n) is 2.45. The largest absolute Gasteiger partial charge is 0.460 e. The first-order valence-electron chi connectivity index (χ1n) is 12.3. The van der Waals surface area contributed by atoms with Crippen molar-refractivity contribution >= 4 is 18.0 Å². The van der Waals surface area contributed by atoms with Crippen LogP contribution in [0.4, 0.5) is 4.79 Å². The van der Waals surface area contributed by atoms with Crippen molar-refractivity contribution in [3.05, 3.63) is 24.3 Å². The maximum absolute atomic E-state index is 12.1. The SMILES string of the molecule is C=CC(=O)OCCOCCOCCOC(C)(C)C/C=C(\C)C(=O)OCCOCCNC(=O)OC(C)(C)C. The monoisotopic (exact) mass is 531 g/mol.